The summed E-state index contributed by atoms with van der Waals surface area (Å²) in [5.74, 6) is -0.0769. The average Bonchev–Trinajstić information content (AvgIpc) is 2.48. The quantitative estimate of drug-likeness (QED) is 0.731. The average molecular weight is 353 g/mol. The molecule has 1 N–H and O–H groups in total. The van der Waals surface area contributed by atoms with Crippen molar-refractivity contribution in [1.29, 1.82) is 0 Å². The van der Waals surface area contributed by atoms with E-state index in [1.807, 2.05) is 45.9 Å². The maximum Gasteiger partial charge on any atom is 0.241 e. The summed E-state index contributed by atoms with van der Waals surface area (Å²) in [7, 11) is -3.60. The number of carbonyl (C=O) groups is 1. The Morgan fingerprint density at radius 1 is 1.21 bits per heavy atom. The molecule has 1 aromatic rings. The predicted molar refractivity (Wildman–Crippen MR) is 100 cm³/mol. The van der Waals surface area contributed by atoms with Crippen molar-refractivity contribution in [1.82, 2.24) is 5.32 Å². The Bertz CT molecular complexity index is 668. The topological polar surface area (TPSA) is 66.5 Å². The predicted octanol–water partition coefficient (Wildman–Crippen LogP) is 3.00. The van der Waals surface area contributed by atoms with Crippen LogP contribution < -0.4 is 9.62 Å². The fourth-order valence-corrected chi connectivity index (χ4v) is 3.43. The van der Waals surface area contributed by atoms with Gasteiger partial charge >= 0.3 is 0 Å². The third kappa shape index (κ3) is 5.09. The number of nitrogens with one attached hydrogen (secondary N) is 1. The molecule has 0 atom stereocenters. The molecule has 6 heteroatoms. The zero-order chi connectivity index (χ0) is 18.5. The standard InChI is InChI=1S/C18H28N2O3S/c1-7-11-19-17(21)12-20(24(6,22)23)18-15(13(2)3)9-8-10-16(18)14(4)5/h7-10,13-14H,1,11-12H2,2-6H3,(H,19,21). The highest BCUT2D eigenvalue weighted by Crippen LogP contribution is 2.36. The zero-order valence-corrected chi connectivity index (χ0v) is 16.0. The van der Waals surface area contributed by atoms with Gasteiger partial charge in [-0.25, -0.2) is 8.42 Å². The Hall–Kier alpha value is -1.82. The van der Waals surface area contributed by atoms with Gasteiger partial charge in [0.15, 0.2) is 0 Å². The normalized spacial score (nSPS) is 11.6. The smallest absolute Gasteiger partial charge is 0.241 e. The van der Waals surface area contributed by atoms with E-state index < -0.39 is 10.0 Å². The lowest BCUT2D eigenvalue weighted by atomic mass is 9.92. The van der Waals surface area contributed by atoms with Crippen LogP contribution in [0.2, 0.25) is 0 Å². The molecule has 0 radical (unpaired) electrons. The molecule has 0 saturated heterocycles. The van der Waals surface area contributed by atoms with E-state index in [1.54, 1.807) is 6.08 Å². The minimum absolute atomic E-state index is 0.138. The Morgan fingerprint density at radius 3 is 2.08 bits per heavy atom. The summed E-state index contributed by atoms with van der Waals surface area (Å²) in [5.41, 5.74) is 2.46. The number of rotatable bonds is 8. The SMILES string of the molecule is C=CCNC(=O)CN(c1c(C(C)C)cccc1C(C)C)S(C)(=O)=O. The number of nitrogens with zero attached hydrogens (tertiary/aromatic N) is 1. The first-order chi connectivity index (χ1) is 11.1. The summed E-state index contributed by atoms with van der Waals surface area (Å²) in [6, 6.07) is 5.78. The lowest BCUT2D eigenvalue weighted by Crippen LogP contribution is -2.41. The summed E-state index contributed by atoms with van der Waals surface area (Å²) >= 11 is 0. The molecule has 0 bridgehead atoms. The highest BCUT2D eigenvalue weighted by atomic mass is 32.2. The molecule has 1 rings (SSSR count). The fraction of sp³-hybridized carbons (Fsp3) is 0.500. The minimum Gasteiger partial charge on any atom is -0.351 e. The van der Waals surface area contributed by atoms with Gasteiger partial charge in [-0.1, -0.05) is 52.0 Å². The van der Waals surface area contributed by atoms with Crippen LogP contribution in [0.15, 0.2) is 30.9 Å². The van der Waals surface area contributed by atoms with Gasteiger partial charge in [-0.05, 0) is 23.0 Å². The van der Waals surface area contributed by atoms with Gasteiger partial charge in [0.25, 0.3) is 0 Å². The molecular formula is C18H28N2O3S. The first-order valence-corrected chi connectivity index (χ1v) is 9.92. The van der Waals surface area contributed by atoms with Gasteiger partial charge in [-0.3, -0.25) is 9.10 Å². The van der Waals surface area contributed by atoms with Crippen molar-refractivity contribution < 1.29 is 13.2 Å². The molecule has 0 aliphatic carbocycles. The van der Waals surface area contributed by atoms with E-state index in [0.717, 1.165) is 17.4 Å². The summed E-state index contributed by atoms with van der Waals surface area (Å²) in [6.07, 6.45) is 2.69. The molecule has 24 heavy (non-hydrogen) atoms. The minimum atomic E-state index is -3.60. The molecule has 0 unspecified atom stereocenters. The number of amides is 1. The summed E-state index contributed by atoms with van der Waals surface area (Å²) in [6.45, 7) is 11.7. The maximum absolute atomic E-state index is 12.4. The Kier molecular flexibility index (Phi) is 7.02. The van der Waals surface area contributed by atoms with E-state index in [9.17, 15) is 13.2 Å². The van der Waals surface area contributed by atoms with Gasteiger partial charge < -0.3 is 5.32 Å². The Balaban J connectivity index is 3.47. The van der Waals surface area contributed by atoms with Gasteiger partial charge in [0.05, 0.1) is 11.9 Å². The van der Waals surface area contributed by atoms with E-state index in [1.165, 1.54) is 4.31 Å². The molecule has 5 nitrogen and oxygen atoms in total. The van der Waals surface area contributed by atoms with E-state index >= 15 is 0 Å². The molecule has 134 valence electrons. The number of benzene rings is 1. The van der Waals surface area contributed by atoms with Crippen LogP contribution in [0.25, 0.3) is 0 Å². The fourth-order valence-electron chi connectivity index (χ4n) is 2.53. The molecule has 0 aromatic heterocycles. The largest absolute Gasteiger partial charge is 0.351 e. The lowest BCUT2D eigenvalue weighted by Gasteiger charge is -2.29. The van der Waals surface area contributed by atoms with Crippen LogP contribution in [-0.2, 0) is 14.8 Å². The van der Waals surface area contributed by atoms with Crippen molar-refractivity contribution in [2.24, 2.45) is 0 Å². The van der Waals surface area contributed by atoms with Gasteiger partial charge in [-0.2, -0.15) is 0 Å². The molecule has 0 aliphatic heterocycles. The molecule has 1 amide bonds. The highest BCUT2D eigenvalue weighted by Gasteiger charge is 2.27. The van der Waals surface area contributed by atoms with Crippen molar-refractivity contribution in [3.05, 3.63) is 42.0 Å². The molecule has 0 aliphatic rings. The maximum atomic E-state index is 12.4. The molecule has 0 fully saturated rings. The van der Waals surface area contributed by atoms with Crippen LogP contribution in [0.5, 0.6) is 0 Å². The molecule has 0 heterocycles. The number of sulfonamides is 1. The van der Waals surface area contributed by atoms with Gasteiger partial charge in [0.1, 0.15) is 6.54 Å². The lowest BCUT2D eigenvalue weighted by molar-refractivity contribution is -0.119. The molecular weight excluding hydrogens is 324 g/mol. The van der Waals surface area contributed by atoms with Crippen LogP contribution in [-0.4, -0.2) is 33.7 Å². The first kappa shape index (κ1) is 20.2. The summed E-state index contributed by atoms with van der Waals surface area (Å²) in [5, 5.41) is 2.64. The van der Waals surface area contributed by atoms with Crippen molar-refractivity contribution in [3.63, 3.8) is 0 Å². The van der Waals surface area contributed by atoms with Crippen molar-refractivity contribution in [2.45, 2.75) is 39.5 Å². The van der Waals surface area contributed by atoms with Crippen LogP contribution in [0.1, 0.15) is 50.7 Å². The second-order valence-electron chi connectivity index (χ2n) is 6.46. The van der Waals surface area contributed by atoms with Crippen LogP contribution in [0.4, 0.5) is 5.69 Å². The second kappa shape index (κ2) is 8.33. The van der Waals surface area contributed by atoms with Crippen LogP contribution >= 0.6 is 0 Å². The molecule has 1 aromatic carbocycles. The van der Waals surface area contributed by atoms with Crippen LogP contribution in [0, 0.1) is 0 Å². The van der Waals surface area contributed by atoms with Crippen LogP contribution in [0.3, 0.4) is 0 Å². The number of hydrogen-bond acceptors (Lipinski definition) is 3. The second-order valence-corrected chi connectivity index (χ2v) is 8.36. The number of hydrogen-bond donors (Lipinski definition) is 1. The number of para-hydroxylation sites is 1. The third-order valence-corrected chi connectivity index (χ3v) is 4.84. The number of carbonyl (C=O) groups excluding carboxylic acids is 1. The van der Waals surface area contributed by atoms with Crippen molar-refractivity contribution in [3.8, 4) is 0 Å². The zero-order valence-electron chi connectivity index (χ0n) is 15.2. The monoisotopic (exact) mass is 352 g/mol. The highest BCUT2D eigenvalue weighted by molar-refractivity contribution is 7.92. The van der Waals surface area contributed by atoms with E-state index in [2.05, 4.69) is 11.9 Å². The number of anilines is 1. The molecule has 0 saturated carbocycles. The van der Waals surface area contributed by atoms with Crippen molar-refractivity contribution >= 4 is 21.6 Å². The van der Waals surface area contributed by atoms with E-state index in [0.29, 0.717) is 12.2 Å². The van der Waals surface area contributed by atoms with Crippen molar-refractivity contribution in [2.75, 3.05) is 23.7 Å². The van der Waals surface area contributed by atoms with E-state index in [4.69, 9.17) is 0 Å². The van der Waals surface area contributed by atoms with Gasteiger partial charge in [0.2, 0.25) is 15.9 Å². The first-order valence-electron chi connectivity index (χ1n) is 8.07. The van der Waals surface area contributed by atoms with Gasteiger partial charge in [-0.15, -0.1) is 6.58 Å². The summed E-state index contributed by atoms with van der Waals surface area (Å²) < 4.78 is 26.1. The van der Waals surface area contributed by atoms with Gasteiger partial charge in [0, 0.05) is 6.54 Å². The van der Waals surface area contributed by atoms with E-state index in [-0.39, 0.29) is 24.3 Å². The molecule has 0 spiro atoms. The third-order valence-electron chi connectivity index (χ3n) is 3.72. The Labute approximate surface area is 145 Å². The Morgan fingerprint density at radius 2 is 1.71 bits per heavy atom. The summed E-state index contributed by atoms with van der Waals surface area (Å²) in [4.78, 5) is 12.1.